The Bertz CT molecular complexity index is 486. The van der Waals surface area contributed by atoms with E-state index in [1.54, 1.807) is 18.2 Å². The number of hydrogen-bond donors (Lipinski definition) is 1. The Balaban J connectivity index is 2.57. The first-order chi connectivity index (χ1) is 8.09. The van der Waals surface area contributed by atoms with Gasteiger partial charge < -0.3 is 5.11 Å². The second-order valence-electron chi connectivity index (χ2n) is 4.56. The van der Waals surface area contributed by atoms with Crippen molar-refractivity contribution in [2.24, 2.45) is 4.99 Å². The lowest BCUT2D eigenvalue weighted by Crippen LogP contribution is -2.20. The van der Waals surface area contributed by atoms with Crippen LogP contribution in [0.3, 0.4) is 0 Å². The fraction of sp³-hybridized carbons (Fsp3) is 0.462. The fourth-order valence-electron chi connectivity index (χ4n) is 2.66. The van der Waals surface area contributed by atoms with E-state index in [2.05, 4.69) is 4.99 Å². The third-order valence-corrected chi connectivity index (χ3v) is 3.79. The van der Waals surface area contributed by atoms with Crippen LogP contribution in [0.15, 0.2) is 17.1 Å². The van der Waals surface area contributed by atoms with Gasteiger partial charge in [0.05, 0.1) is 10.6 Å². The van der Waals surface area contributed by atoms with Gasteiger partial charge in [-0.3, -0.25) is 0 Å². The van der Waals surface area contributed by atoms with Gasteiger partial charge in [-0.05, 0) is 43.0 Å². The van der Waals surface area contributed by atoms with Crippen molar-refractivity contribution in [2.45, 2.75) is 38.1 Å². The summed E-state index contributed by atoms with van der Waals surface area (Å²) in [5, 5.41) is 9.84. The number of halogens is 1. The Morgan fingerprint density at radius 3 is 2.65 bits per heavy atom. The van der Waals surface area contributed by atoms with Crippen LogP contribution >= 0.6 is 11.6 Å². The maximum absolute atomic E-state index is 10.6. The summed E-state index contributed by atoms with van der Waals surface area (Å²) < 4.78 is 0. The van der Waals surface area contributed by atoms with Crippen LogP contribution in [0, 0.1) is 6.92 Å². The van der Waals surface area contributed by atoms with Gasteiger partial charge in [0.2, 0.25) is 6.08 Å². The number of benzene rings is 1. The lowest BCUT2D eigenvalue weighted by Gasteiger charge is -2.25. The number of rotatable bonds is 2. The maximum Gasteiger partial charge on any atom is 0.235 e. The molecule has 3 nitrogen and oxygen atoms in total. The minimum atomic E-state index is -0.483. The molecule has 1 aromatic carbocycles. The molecule has 0 heterocycles. The van der Waals surface area contributed by atoms with E-state index in [0.29, 0.717) is 5.02 Å². The second kappa shape index (κ2) is 4.52. The van der Waals surface area contributed by atoms with Gasteiger partial charge in [-0.25, -0.2) is 4.79 Å². The molecule has 0 atom stereocenters. The van der Waals surface area contributed by atoms with Gasteiger partial charge in [-0.2, -0.15) is 4.99 Å². The Kier molecular flexibility index (Phi) is 3.23. The van der Waals surface area contributed by atoms with E-state index in [9.17, 15) is 9.90 Å². The van der Waals surface area contributed by atoms with Crippen molar-refractivity contribution in [1.82, 2.24) is 0 Å². The summed E-state index contributed by atoms with van der Waals surface area (Å²) in [6.07, 6.45) is 5.44. The Morgan fingerprint density at radius 2 is 2.06 bits per heavy atom. The van der Waals surface area contributed by atoms with E-state index >= 15 is 0 Å². The predicted octanol–water partition coefficient (Wildman–Crippen LogP) is 3.46. The molecular formula is C13H14ClNO2. The summed E-state index contributed by atoms with van der Waals surface area (Å²) in [5.41, 5.74) is 1.36. The lowest BCUT2D eigenvalue weighted by molar-refractivity contribution is 0.449. The zero-order valence-electron chi connectivity index (χ0n) is 9.66. The fourth-order valence-corrected chi connectivity index (χ4v) is 2.82. The van der Waals surface area contributed by atoms with Crippen molar-refractivity contribution in [3.05, 3.63) is 28.3 Å². The number of aliphatic imine (C=N–C) groups is 1. The number of phenols is 1. The number of aromatic hydroxyl groups is 1. The van der Waals surface area contributed by atoms with Crippen LogP contribution in [0.4, 0.5) is 0 Å². The third-order valence-electron chi connectivity index (χ3n) is 3.49. The Labute approximate surface area is 105 Å². The first kappa shape index (κ1) is 12.2. The van der Waals surface area contributed by atoms with Crippen LogP contribution < -0.4 is 0 Å². The van der Waals surface area contributed by atoms with Gasteiger partial charge >= 0.3 is 0 Å². The molecule has 0 bridgehead atoms. The molecule has 0 saturated heterocycles. The summed E-state index contributed by atoms with van der Waals surface area (Å²) in [6.45, 7) is 1.89. The molecule has 1 saturated carbocycles. The van der Waals surface area contributed by atoms with Crippen molar-refractivity contribution >= 4 is 17.7 Å². The number of carbonyl (C=O) groups excluding carboxylic acids is 1. The van der Waals surface area contributed by atoms with Crippen LogP contribution in [-0.2, 0) is 10.3 Å². The summed E-state index contributed by atoms with van der Waals surface area (Å²) in [6, 6.07) is 3.34. The number of phenolic OH excluding ortho intramolecular Hbond substituents is 1. The summed E-state index contributed by atoms with van der Waals surface area (Å²) >= 11 is 5.94. The average Bonchev–Trinajstić information content (AvgIpc) is 2.73. The predicted molar refractivity (Wildman–Crippen MR) is 66.1 cm³/mol. The molecule has 1 N–H and O–H groups in total. The molecule has 0 unspecified atom stereocenters. The molecule has 0 spiro atoms. The normalized spacial score (nSPS) is 17.8. The van der Waals surface area contributed by atoms with Crippen molar-refractivity contribution in [1.29, 1.82) is 0 Å². The van der Waals surface area contributed by atoms with E-state index in [4.69, 9.17) is 11.6 Å². The molecule has 0 aliphatic heterocycles. The standard InChI is InChI=1S/C13H14ClNO2/c1-9-6-12(17)11(14)7-10(9)13(15-8-16)4-2-3-5-13/h6-7,17H,2-5H2,1H3. The zero-order valence-corrected chi connectivity index (χ0v) is 10.4. The summed E-state index contributed by atoms with van der Waals surface area (Å²) in [4.78, 5) is 14.6. The molecule has 4 heteroatoms. The number of nitrogens with zero attached hydrogens (tertiary/aromatic N) is 1. The van der Waals surface area contributed by atoms with Gasteiger partial charge in [-0.15, -0.1) is 0 Å². The first-order valence-corrected chi connectivity index (χ1v) is 6.05. The quantitative estimate of drug-likeness (QED) is 0.646. The van der Waals surface area contributed by atoms with Gasteiger partial charge in [0.1, 0.15) is 5.75 Å². The highest BCUT2D eigenvalue weighted by molar-refractivity contribution is 6.32. The van der Waals surface area contributed by atoms with E-state index in [1.807, 2.05) is 6.92 Å². The molecular weight excluding hydrogens is 238 g/mol. The largest absolute Gasteiger partial charge is 0.506 e. The van der Waals surface area contributed by atoms with Crippen LogP contribution in [-0.4, -0.2) is 11.2 Å². The highest BCUT2D eigenvalue weighted by atomic mass is 35.5. The van der Waals surface area contributed by atoms with E-state index in [0.717, 1.165) is 36.8 Å². The zero-order chi connectivity index (χ0) is 12.5. The van der Waals surface area contributed by atoms with Gasteiger partial charge in [0, 0.05) is 0 Å². The molecule has 1 fully saturated rings. The van der Waals surface area contributed by atoms with Gasteiger partial charge in [0.15, 0.2) is 0 Å². The molecule has 1 aliphatic carbocycles. The van der Waals surface area contributed by atoms with Crippen LogP contribution in [0.1, 0.15) is 36.8 Å². The lowest BCUT2D eigenvalue weighted by atomic mass is 9.86. The van der Waals surface area contributed by atoms with Crippen molar-refractivity contribution in [3.8, 4) is 5.75 Å². The third kappa shape index (κ3) is 2.08. The minimum Gasteiger partial charge on any atom is -0.506 e. The summed E-state index contributed by atoms with van der Waals surface area (Å²) in [7, 11) is 0. The number of hydrogen-bond acceptors (Lipinski definition) is 3. The summed E-state index contributed by atoms with van der Waals surface area (Å²) in [5.74, 6) is 0.0659. The molecule has 0 aromatic heterocycles. The van der Waals surface area contributed by atoms with E-state index in [1.165, 1.54) is 0 Å². The SMILES string of the molecule is Cc1cc(O)c(Cl)cc1C1(N=C=O)CCCC1. The molecule has 2 rings (SSSR count). The highest BCUT2D eigenvalue weighted by Crippen LogP contribution is 2.45. The molecule has 0 radical (unpaired) electrons. The van der Waals surface area contributed by atoms with Crippen LogP contribution in [0.2, 0.25) is 5.02 Å². The van der Waals surface area contributed by atoms with E-state index < -0.39 is 5.54 Å². The van der Waals surface area contributed by atoms with Crippen molar-refractivity contribution < 1.29 is 9.90 Å². The Morgan fingerprint density at radius 1 is 1.41 bits per heavy atom. The molecule has 90 valence electrons. The maximum atomic E-state index is 10.6. The second-order valence-corrected chi connectivity index (χ2v) is 4.97. The number of isocyanates is 1. The van der Waals surface area contributed by atoms with Crippen molar-refractivity contribution in [3.63, 3.8) is 0 Å². The van der Waals surface area contributed by atoms with Crippen LogP contribution in [0.25, 0.3) is 0 Å². The first-order valence-electron chi connectivity index (χ1n) is 5.68. The monoisotopic (exact) mass is 251 g/mol. The van der Waals surface area contributed by atoms with E-state index in [-0.39, 0.29) is 5.75 Å². The van der Waals surface area contributed by atoms with Gasteiger partial charge in [-0.1, -0.05) is 24.4 Å². The van der Waals surface area contributed by atoms with Crippen LogP contribution in [0.5, 0.6) is 5.75 Å². The smallest absolute Gasteiger partial charge is 0.235 e. The topological polar surface area (TPSA) is 49.7 Å². The molecule has 0 amide bonds. The molecule has 1 aromatic rings. The van der Waals surface area contributed by atoms with Crippen molar-refractivity contribution in [2.75, 3.05) is 0 Å². The minimum absolute atomic E-state index is 0.0659. The highest BCUT2D eigenvalue weighted by Gasteiger charge is 2.37. The Hall–Kier alpha value is -1.31. The average molecular weight is 252 g/mol. The van der Waals surface area contributed by atoms with Gasteiger partial charge in [0.25, 0.3) is 0 Å². The molecule has 1 aliphatic rings. The molecule has 17 heavy (non-hydrogen) atoms. The number of aryl methyl sites for hydroxylation is 1.